The molecule has 4 aliphatic heterocycles. The molecule has 0 unspecified atom stereocenters. The van der Waals surface area contributed by atoms with Crippen molar-refractivity contribution in [2.45, 2.75) is 39.5 Å². The van der Waals surface area contributed by atoms with Crippen LogP contribution in [0.25, 0.3) is 10.8 Å². The highest BCUT2D eigenvalue weighted by atomic mass is 35.5. The Bertz CT molecular complexity index is 6630. The van der Waals surface area contributed by atoms with Crippen molar-refractivity contribution >= 4 is 214 Å². The average Bonchev–Trinajstić information content (AvgIpc) is 0.810. The van der Waals surface area contributed by atoms with Crippen molar-refractivity contribution < 1.29 is 76.0 Å². The van der Waals surface area contributed by atoms with Gasteiger partial charge >= 0.3 is 40.8 Å². The van der Waals surface area contributed by atoms with Crippen LogP contribution in [-0.4, -0.2) is 178 Å². The first-order valence-corrected chi connectivity index (χ1v) is 49.4. The number of fused-ring (bicyclic) bond motifs is 1. The third-order valence-corrected chi connectivity index (χ3v) is 31.0. The number of hydrogen-bond acceptors (Lipinski definition) is 16. The number of aryl methyl sites for hydroxylation is 2. The Morgan fingerprint density at radius 2 is 0.632 bits per heavy atom. The number of halogens is 7. The summed E-state index contributed by atoms with van der Waals surface area (Å²) in [5.41, 5.74) is 6.98. The second-order valence-corrected chi connectivity index (χ2v) is 41.4. The molecule has 42 heteroatoms. The van der Waals surface area contributed by atoms with E-state index in [4.69, 9.17) is 58.0 Å². The molecule has 31 nitrogen and oxygen atoms in total. The van der Waals surface area contributed by atoms with Crippen LogP contribution in [0.1, 0.15) is 109 Å². The summed E-state index contributed by atoms with van der Waals surface area (Å²) in [6, 6.07) is 59.8. The lowest BCUT2D eigenvalue weighted by Gasteiger charge is -2.34. The van der Waals surface area contributed by atoms with E-state index >= 15 is 0 Å². The number of benzene rings is 11. The molecule has 0 bridgehead atoms. The summed E-state index contributed by atoms with van der Waals surface area (Å²) < 4.78 is 140. The number of carbonyl (C=O) groups excluding carboxylic acids is 7. The van der Waals surface area contributed by atoms with Crippen LogP contribution in [0.2, 0.25) is 25.1 Å². The van der Waals surface area contributed by atoms with Gasteiger partial charge in [-0.1, -0.05) is 94.4 Å². The Balaban J connectivity index is 0.000000154. The van der Waals surface area contributed by atoms with E-state index in [1.807, 2.05) is 31.2 Å². The van der Waals surface area contributed by atoms with Crippen LogP contribution in [0.15, 0.2) is 243 Å². The Hall–Kier alpha value is -12.7. The number of carbonyl (C=O) groups is 7. The average molecular weight is 2030 g/mol. The molecule has 0 spiro atoms. The van der Waals surface area contributed by atoms with Crippen molar-refractivity contribution in [3.63, 3.8) is 0 Å². The molecule has 7 amide bonds. The van der Waals surface area contributed by atoms with E-state index < -0.39 is 76.1 Å². The molecule has 0 saturated carbocycles. The summed E-state index contributed by atoms with van der Waals surface area (Å²) >= 11 is 30.4. The van der Waals surface area contributed by atoms with Crippen molar-refractivity contribution in [3.05, 3.63) is 330 Å². The van der Waals surface area contributed by atoms with Gasteiger partial charge < -0.3 is 37.2 Å². The van der Waals surface area contributed by atoms with E-state index in [9.17, 15) is 76.0 Å². The van der Waals surface area contributed by atoms with E-state index in [1.165, 1.54) is 114 Å². The number of hydrogen-bond donors (Lipinski definition) is 7. The SMILES string of the molecule is CN1CCCN(c2ccc(C(=O)Nc3ccc(Cl)c(NC(=O)c4cccc(Cl)c4)c3)c(F)c2)S1(=O)=O.CN1CCCN(c2ccc(C(=O)Nc3ccc4cnccc4c3)cc2)S1(=O)=O.Cc1ccc(NC(=O)c2ccc(N3CCCN(C)S3(=O)=O)cc2Cl)cc1NC(=O)c1cccc(Cl)c1.Cc1ccc(NC(=O)c2ccc(N3CCCN(C)S3(=O)=O)cc2F)cc1NC(=O)c1cccc(Cl)c1. The number of anilines is 11. The molecule has 7 N–H and O–H groups in total. The van der Waals surface area contributed by atoms with E-state index in [-0.39, 0.29) is 80.3 Å². The van der Waals surface area contributed by atoms with Gasteiger partial charge in [-0.2, -0.15) is 50.9 Å². The zero-order valence-electron chi connectivity index (χ0n) is 73.5. The normalized spacial score (nSPS) is 15.7. The van der Waals surface area contributed by atoms with Gasteiger partial charge in [-0.3, -0.25) is 55.8 Å². The Morgan fingerprint density at radius 3 is 1.03 bits per heavy atom. The van der Waals surface area contributed by atoms with Gasteiger partial charge in [-0.05, 0) is 250 Å². The molecule has 4 saturated heterocycles. The zero-order chi connectivity index (χ0) is 97.8. The number of rotatable bonds is 18. The van der Waals surface area contributed by atoms with Gasteiger partial charge in [0.1, 0.15) is 11.6 Å². The number of pyridine rings is 1. The highest BCUT2D eigenvalue weighted by Gasteiger charge is 2.36. The first-order valence-electron chi connectivity index (χ1n) is 41.9. The molecule has 12 aromatic rings. The smallest absolute Gasteiger partial charge is 0.303 e. The maximum Gasteiger partial charge on any atom is 0.303 e. The monoisotopic (exact) mass is 2020 g/mol. The summed E-state index contributed by atoms with van der Waals surface area (Å²) in [6.07, 6.45) is 6.11. The molecule has 11 aromatic carbocycles. The van der Waals surface area contributed by atoms with Gasteiger partial charge in [-0.15, -0.1) is 0 Å². The summed E-state index contributed by atoms with van der Waals surface area (Å²) in [7, 11) is -8.59. The predicted octanol–water partition coefficient (Wildman–Crippen LogP) is 17.8. The van der Waals surface area contributed by atoms with Crippen molar-refractivity contribution in [1.29, 1.82) is 0 Å². The third-order valence-electron chi connectivity index (χ3n) is 22.0. The van der Waals surface area contributed by atoms with Gasteiger partial charge in [0.05, 0.1) is 55.2 Å². The van der Waals surface area contributed by atoms with Crippen LogP contribution in [0, 0.1) is 25.5 Å². The molecular formula is C94H89Cl5F2N16O15S4. The summed E-state index contributed by atoms with van der Waals surface area (Å²) in [5.74, 6) is -5.08. The second kappa shape index (κ2) is 43.5. The van der Waals surface area contributed by atoms with E-state index in [2.05, 4.69) is 42.2 Å². The van der Waals surface area contributed by atoms with Crippen LogP contribution in [0.4, 0.5) is 71.3 Å². The molecule has 4 fully saturated rings. The molecule has 0 atom stereocenters. The molecule has 136 heavy (non-hydrogen) atoms. The topological polar surface area (TPSA) is 379 Å². The maximum atomic E-state index is 14.9. The fourth-order valence-electron chi connectivity index (χ4n) is 14.5. The molecular weight excluding hydrogens is 1940 g/mol. The molecule has 4 aliphatic rings. The summed E-state index contributed by atoms with van der Waals surface area (Å²) in [5, 5.41) is 22.7. The van der Waals surface area contributed by atoms with Crippen molar-refractivity contribution in [3.8, 4) is 0 Å². The van der Waals surface area contributed by atoms with Crippen LogP contribution >= 0.6 is 58.0 Å². The van der Waals surface area contributed by atoms with Crippen LogP contribution < -0.4 is 54.4 Å². The van der Waals surface area contributed by atoms with Gasteiger partial charge in [-0.25, -0.2) is 8.78 Å². The fraction of sp³-hybridized carbons (Fsp3) is 0.191. The van der Waals surface area contributed by atoms with Gasteiger partial charge in [0.25, 0.3) is 41.4 Å². The lowest BCUT2D eigenvalue weighted by molar-refractivity contribution is 0.101. The first kappa shape index (κ1) is 101. The largest absolute Gasteiger partial charge is 0.322 e. The lowest BCUT2D eigenvalue weighted by Crippen LogP contribution is -2.48. The van der Waals surface area contributed by atoms with Crippen LogP contribution in [0.5, 0.6) is 0 Å². The molecule has 16 rings (SSSR count). The zero-order valence-corrected chi connectivity index (χ0v) is 80.6. The number of nitrogens with one attached hydrogen (secondary N) is 7. The van der Waals surface area contributed by atoms with Gasteiger partial charge in [0.15, 0.2) is 0 Å². The minimum absolute atomic E-state index is 0.120. The van der Waals surface area contributed by atoms with Crippen molar-refractivity contribution in [2.24, 2.45) is 0 Å². The van der Waals surface area contributed by atoms with E-state index in [1.54, 1.807) is 154 Å². The highest BCUT2D eigenvalue weighted by Crippen LogP contribution is 2.36. The summed E-state index contributed by atoms with van der Waals surface area (Å²) in [6.45, 7) is 6.57. The van der Waals surface area contributed by atoms with Crippen LogP contribution in [0.3, 0.4) is 0 Å². The minimum atomic E-state index is -3.75. The van der Waals surface area contributed by atoms with E-state index in [0.717, 1.165) is 49.1 Å². The summed E-state index contributed by atoms with van der Waals surface area (Å²) in [4.78, 5) is 92.9. The highest BCUT2D eigenvalue weighted by molar-refractivity contribution is 7.91. The van der Waals surface area contributed by atoms with Gasteiger partial charge in [0.2, 0.25) is 0 Å². The Kier molecular flexibility index (Phi) is 32.2. The lowest BCUT2D eigenvalue weighted by atomic mass is 10.1. The van der Waals surface area contributed by atoms with Crippen molar-refractivity contribution in [2.75, 3.05) is 135 Å². The predicted molar refractivity (Wildman–Crippen MR) is 530 cm³/mol. The Labute approximate surface area is 810 Å². The number of aromatic nitrogens is 1. The Morgan fingerprint density at radius 1 is 0.301 bits per heavy atom. The van der Waals surface area contributed by atoms with Gasteiger partial charge in [0, 0.05) is 170 Å². The number of amides is 7. The maximum absolute atomic E-state index is 14.9. The minimum Gasteiger partial charge on any atom is -0.322 e. The molecule has 708 valence electrons. The third kappa shape index (κ3) is 24.2. The van der Waals surface area contributed by atoms with Crippen LogP contribution in [-0.2, 0) is 40.8 Å². The fourth-order valence-corrected chi connectivity index (χ4v) is 21.3. The quantitative estimate of drug-likeness (QED) is 0.0419. The molecule has 0 radical (unpaired) electrons. The molecule has 1 aromatic heterocycles. The van der Waals surface area contributed by atoms with E-state index in [0.29, 0.717) is 136 Å². The molecule has 5 heterocycles. The standard InChI is InChI=1S/C25H24Cl2N4O4S.C25H24ClFN4O4S.C24H21Cl2FN4O4S.C20H20N4O3S/c2*1-16-7-8-19(14-23(16)29-24(32)17-5-3-6-18(26)13-17)28-25(33)21-10-9-20(15-22(21)27)31-12-4-11-30(2)36(31,34)35;1-30-10-3-11-31(36(30,34)35)18-7-8-19(21(27)14-18)24(33)28-17-6-9-20(26)22(13-17)29-23(32)15-4-2-5-16(25)12-15;1-23-11-2-12-24(28(23,26)27)19-7-4-15(5-8-19)20(25)22-18-6-3-17-14-21-10-9-16(17)13-18/h2*3,5-10,13-15H,4,11-12H2,1-2H3,(H,28,33)(H,29,32);2,4-9,12-14H,3,10-11H2,1H3,(H,28,33)(H,29,32);3-10,13-14H,2,11-12H2,1H3,(H,22,25). The van der Waals surface area contributed by atoms with Crippen molar-refractivity contribution in [1.82, 2.24) is 22.2 Å². The second-order valence-electron chi connectivity index (χ2n) is 31.5. The first-order chi connectivity index (χ1) is 64.6. The molecule has 0 aliphatic carbocycles. The number of nitrogens with zero attached hydrogens (tertiary/aromatic N) is 9.